The van der Waals surface area contributed by atoms with Crippen LogP contribution in [0.1, 0.15) is 57.0 Å². The maximum Gasteiger partial charge on any atom is 0.133 e. The molecule has 0 radical (unpaired) electrons. The molecule has 98 valence electrons. The van der Waals surface area contributed by atoms with Gasteiger partial charge in [0.15, 0.2) is 0 Å². The highest BCUT2D eigenvalue weighted by atomic mass is 35.5. The average Bonchev–Trinajstić information content (AvgIpc) is 2.88. The molecule has 1 heterocycles. The lowest BCUT2D eigenvalue weighted by Crippen LogP contribution is -2.13. The van der Waals surface area contributed by atoms with E-state index in [0.29, 0.717) is 17.0 Å². The molecular weight excluding hydrogens is 244 g/mol. The first kappa shape index (κ1) is 12.4. The van der Waals surface area contributed by atoms with E-state index in [2.05, 4.69) is 18.8 Å². The van der Waals surface area contributed by atoms with E-state index in [-0.39, 0.29) is 0 Å². The van der Waals surface area contributed by atoms with Crippen LogP contribution in [0, 0.1) is 17.8 Å². The molecule has 2 fully saturated rings. The lowest BCUT2D eigenvalue weighted by Gasteiger charge is -2.21. The summed E-state index contributed by atoms with van der Waals surface area (Å²) in [7, 11) is 0. The number of nitrogens with zero attached hydrogens (tertiary/aromatic N) is 2. The number of hydrogen-bond acceptors (Lipinski definition) is 2. The zero-order chi connectivity index (χ0) is 12.7. The molecule has 2 nitrogen and oxygen atoms in total. The van der Waals surface area contributed by atoms with Gasteiger partial charge in [0.25, 0.3) is 0 Å². The zero-order valence-electron chi connectivity index (χ0n) is 11.2. The molecule has 3 rings (SSSR count). The largest absolute Gasteiger partial charge is 0.238 e. The predicted molar refractivity (Wildman–Crippen MR) is 73.8 cm³/mol. The summed E-state index contributed by atoms with van der Waals surface area (Å²) in [6, 6.07) is 1.93. The minimum absolute atomic E-state index is 0.577. The maximum atomic E-state index is 6.16. The second kappa shape index (κ2) is 4.80. The van der Waals surface area contributed by atoms with Crippen LogP contribution in [0.5, 0.6) is 0 Å². The van der Waals surface area contributed by atoms with Crippen molar-refractivity contribution in [3.63, 3.8) is 0 Å². The summed E-state index contributed by atoms with van der Waals surface area (Å²) >= 11 is 6.16. The zero-order valence-corrected chi connectivity index (χ0v) is 12.0. The first-order valence-corrected chi connectivity index (χ1v) is 7.53. The van der Waals surface area contributed by atoms with Crippen molar-refractivity contribution in [3.05, 3.63) is 22.7 Å². The van der Waals surface area contributed by atoms with Crippen LogP contribution in [0.3, 0.4) is 0 Å². The number of aromatic nitrogens is 2. The summed E-state index contributed by atoms with van der Waals surface area (Å²) in [6.07, 6.45) is 6.45. The van der Waals surface area contributed by atoms with E-state index < -0.39 is 0 Å². The second-order valence-electron chi connectivity index (χ2n) is 6.42. The van der Waals surface area contributed by atoms with E-state index in [1.165, 1.54) is 25.7 Å². The van der Waals surface area contributed by atoms with E-state index in [4.69, 9.17) is 16.6 Å². The summed E-state index contributed by atoms with van der Waals surface area (Å²) in [5, 5.41) is 0.624. The van der Waals surface area contributed by atoms with Crippen LogP contribution in [-0.2, 0) is 6.42 Å². The SMILES string of the molecule is CC(C)Cc1cc(Cl)nc(C2CC3CCC2C3)n1. The van der Waals surface area contributed by atoms with Crippen LogP contribution in [0.15, 0.2) is 6.07 Å². The second-order valence-corrected chi connectivity index (χ2v) is 6.81. The standard InChI is InChI=1S/C15H21ClN2/c1-9(2)5-12-8-14(16)18-15(17-12)13-7-10-3-4-11(13)6-10/h8-11,13H,3-7H2,1-2H3. The van der Waals surface area contributed by atoms with Crippen LogP contribution < -0.4 is 0 Å². The molecule has 0 saturated heterocycles. The third kappa shape index (κ3) is 2.40. The summed E-state index contributed by atoms with van der Waals surface area (Å²) in [4.78, 5) is 9.28. The van der Waals surface area contributed by atoms with Gasteiger partial charge in [-0.25, -0.2) is 9.97 Å². The van der Waals surface area contributed by atoms with Crippen molar-refractivity contribution in [2.24, 2.45) is 17.8 Å². The highest BCUT2D eigenvalue weighted by Crippen LogP contribution is 2.52. The van der Waals surface area contributed by atoms with Crippen molar-refractivity contribution in [2.45, 2.75) is 51.9 Å². The van der Waals surface area contributed by atoms with Crippen LogP contribution in [-0.4, -0.2) is 9.97 Å². The van der Waals surface area contributed by atoms with Crippen molar-refractivity contribution in [2.75, 3.05) is 0 Å². The van der Waals surface area contributed by atoms with Crippen LogP contribution in [0.4, 0.5) is 0 Å². The third-order valence-corrected chi connectivity index (χ3v) is 4.65. The van der Waals surface area contributed by atoms with Crippen LogP contribution in [0.25, 0.3) is 0 Å². The number of rotatable bonds is 3. The minimum atomic E-state index is 0.577. The van der Waals surface area contributed by atoms with Crippen molar-refractivity contribution in [1.82, 2.24) is 9.97 Å². The minimum Gasteiger partial charge on any atom is -0.238 e. The Labute approximate surface area is 114 Å². The van der Waals surface area contributed by atoms with E-state index in [0.717, 1.165) is 29.8 Å². The van der Waals surface area contributed by atoms with Gasteiger partial charge in [-0.3, -0.25) is 0 Å². The molecule has 18 heavy (non-hydrogen) atoms. The monoisotopic (exact) mass is 264 g/mol. The van der Waals surface area contributed by atoms with Gasteiger partial charge >= 0.3 is 0 Å². The van der Waals surface area contributed by atoms with Gasteiger partial charge in [-0.05, 0) is 49.5 Å². The lowest BCUT2D eigenvalue weighted by molar-refractivity contribution is 0.404. The molecule has 3 atom stereocenters. The molecule has 3 heteroatoms. The smallest absolute Gasteiger partial charge is 0.133 e. The van der Waals surface area contributed by atoms with Crippen molar-refractivity contribution in [1.29, 1.82) is 0 Å². The molecule has 1 aromatic heterocycles. The Kier molecular flexibility index (Phi) is 3.31. The molecule has 2 aliphatic rings. The fourth-order valence-electron chi connectivity index (χ4n) is 3.73. The Morgan fingerprint density at radius 1 is 1.28 bits per heavy atom. The molecular formula is C15H21ClN2. The van der Waals surface area contributed by atoms with E-state index in [9.17, 15) is 0 Å². The molecule has 3 unspecified atom stereocenters. The Morgan fingerprint density at radius 2 is 2.11 bits per heavy atom. The van der Waals surface area contributed by atoms with E-state index >= 15 is 0 Å². The highest BCUT2D eigenvalue weighted by molar-refractivity contribution is 6.29. The van der Waals surface area contributed by atoms with Crippen molar-refractivity contribution >= 4 is 11.6 Å². The molecule has 0 aromatic carbocycles. The maximum absolute atomic E-state index is 6.16. The first-order valence-electron chi connectivity index (χ1n) is 7.15. The summed E-state index contributed by atoms with van der Waals surface area (Å²) in [5.41, 5.74) is 1.11. The Hall–Kier alpha value is -0.630. The highest BCUT2D eigenvalue weighted by Gasteiger charge is 2.41. The van der Waals surface area contributed by atoms with Crippen molar-refractivity contribution in [3.8, 4) is 0 Å². The normalized spacial score (nSPS) is 30.3. The third-order valence-electron chi connectivity index (χ3n) is 4.45. The average molecular weight is 265 g/mol. The molecule has 0 spiro atoms. The quantitative estimate of drug-likeness (QED) is 0.764. The molecule has 2 bridgehead atoms. The van der Waals surface area contributed by atoms with Gasteiger partial charge in [-0.2, -0.15) is 0 Å². The first-order chi connectivity index (χ1) is 8.61. The summed E-state index contributed by atoms with van der Waals surface area (Å²) in [6.45, 7) is 4.43. The summed E-state index contributed by atoms with van der Waals surface area (Å²) < 4.78 is 0. The van der Waals surface area contributed by atoms with E-state index in [1.54, 1.807) is 0 Å². The van der Waals surface area contributed by atoms with E-state index in [1.807, 2.05) is 6.07 Å². The molecule has 0 amide bonds. The van der Waals surface area contributed by atoms with Gasteiger partial charge in [-0.1, -0.05) is 31.9 Å². The fourth-order valence-corrected chi connectivity index (χ4v) is 3.95. The molecule has 1 aromatic rings. The van der Waals surface area contributed by atoms with Crippen molar-refractivity contribution < 1.29 is 0 Å². The lowest BCUT2D eigenvalue weighted by atomic mass is 9.88. The molecule has 2 saturated carbocycles. The van der Waals surface area contributed by atoms with Gasteiger partial charge in [0.1, 0.15) is 11.0 Å². The Morgan fingerprint density at radius 3 is 2.72 bits per heavy atom. The Balaban J connectivity index is 1.85. The van der Waals surface area contributed by atoms with Gasteiger partial charge in [-0.15, -0.1) is 0 Å². The predicted octanol–water partition coefficient (Wildman–Crippen LogP) is 4.23. The molecule has 0 N–H and O–H groups in total. The molecule has 2 aliphatic carbocycles. The summed E-state index contributed by atoms with van der Waals surface area (Å²) in [5.74, 6) is 3.96. The topological polar surface area (TPSA) is 25.8 Å². The van der Waals surface area contributed by atoms with Gasteiger partial charge in [0, 0.05) is 11.6 Å². The number of fused-ring (bicyclic) bond motifs is 2. The van der Waals surface area contributed by atoms with Gasteiger partial charge in [0.2, 0.25) is 0 Å². The Bertz CT molecular complexity index is 444. The number of halogens is 1. The fraction of sp³-hybridized carbons (Fsp3) is 0.733. The van der Waals surface area contributed by atoms with Crippen LogP contribution >= 0.6 is 11.6 Å². The van der Waals surface area contributed by atoms with Gasteiger partial charge < -0.3 is 0 Å². The number of hydrogen-bond donors (Lipinski definition) is 0. The van der Waals surface area contributed by atoms with Crippen LogP contribution in [0.2, 0.25) is 5.15 Å². The molecule has 0 aliphatic heterocycles. The van der Waals surface area contributed by atoms with Gasteiger partial charge in [0.05, 0.1) is 0 Å².